The number of amides is 1. The summed E-state index contributed by atoms with van der Waals surface area (Å²) in [6.07, 6.45) is 0.308. The molecule has 5 nitrogen and oxygen atoms in total. The molecule has 0 aliphatic carbocycles. The molecule has 0 saturated carbocycles. The van der Waals surface area contributed by atoms with Crippen LogP contribution in [0.5, 0.6) is 0 Å². The maximum absolute atomic E-state index is 12.7. The summed E-state index contributed by atoms with van der Waals surface area (Å²) in [6, 6.07) is 8.56. The number of carbonyl (C=O) groups excluding carboxylic acids is 3. The van der Waals surface area contributed by atoms with Crippen LogP contribution in [0.4, 0.5) is 4.79 Å². The van der Waals surface area contributed by atoms with Crippen molar-refractivity contribution >= 4 is 18.2 Å². The molecule has 0 unspecified atom stereocenters. The van der Waals surface area contributed by atoms with Gasteiger partial charge in [0.1, 0.15) is 11.9 Å². The number of hydrogen-bond donors (Lipinski definition) is 1. The number of Topliss-reactive ketones (excluding diaryl/α,β-unsaturated/α-hetero) is 1. The van der Waals surface area contributed by atoms with E-state index >= 15 is 0 Å². The van der Waals surface area contributed by atoms with Crippen LogP contribution in [-0.2, 0) is 20.7 Å². The minimum atomic E-state index is -0.806. The minimum absolute atomic E-state index is 0.131. The summed E-state index contributed by atoms with van der Waals surface area (Å²) in [6.45, 7) is 8.88. The van der Waals surface area contributed by atoms with Crippen molar-refractivity contribution in [1.82, 2.24) is 5.32 Å². The summed E-state index contributed by atoms with van der Waals surface area (Å²) in [7, 11) is 0. The minimum Gasteiger partial charge on any atom is -0.444 e. The van der Waals surface area contributed by atoms with Crippen LogP contribution in [0.25, 0.3) is 0 Å². The molecule has 1 rings (SSSR count). The fourth-order valence-electron chi connectivity index (χ4n) is 2.31. The Morgan fingerprint density at radius 2 is 1.75 bits per heavy atom. The van der Waals surface area contributed by atoms with Gasteiger partial charge in [0.25, 0.3) is 0 Å². The molecule has 0 saturated heterocycles. The van der Waals surface area contributed by atoms with Gasteiger partial charge >= 0.3 is 6.09 Å². The van der Waals surface area contributed by atoms with Crippen LogP contribution in [0, 0.1) is 11.8 Å². The number of hydrogen-bond acceptors (Lipinski definition) is 4. The molecule has 0 aromatic heterocycles. The van der Waals surface area contributed by atoms with Gasteiger partial charge in [-0.2, -0.15) is 0 Å². The maximum atomic E-state index is 12.7. The summed E-state index contributed by atoms with van der Waals surface area (Å²) in [5.74, 6) is -1.18. The fraction of sp³-hybridized carbons (Fsp3) is 0.526. The van der Waals surface area contributed by atoms with Crippen molar-refractivity contribution < 1.29 is 19.1 Å². The monoisotopic (exact) mass is 333 g/mol. The van der Waals surface area contributed by atoms with E-state index in [4.69, 9.17) is 4.74 Å². The smallest absolute Gasteiger partial charge is 0.408 e. The van der Waals surface area contributed by atoms with Crippen molar-refractivity contribution in [3.8, 4) is 0 Å². The summed E-state index contributed by atoms with van der Waals surface area (Å²) in [5, 5.41) is 2.62. The molecule has 0 radical (unpaired) electrons. The van der Waals surface area contributed by atoms with Gasteiger partial charge in [0.15, 0.2) is 5.78 Å². The van der Waals surface area contributed by atoms with Crippen molar-refractivity contribution in [3.05, 3.63) is 35.9 Å². The van der Waals surface area contributed by atoms with Gasteiger partial charge in [-0.1, -0.05) is 44.2 Å². The average molecular weight is 333 g/mol. The van der Waals surface area contributed by atoms with Crippen molar-refractivity contribution in [2.45, 2.75) is 52.7 Å². The van der Waals surface area contributed by atoms with E-state index in [0.717, 1.165) is 5.56 Å². The van der Waals surface area contributed by atoms with Crippen LogP contribution in [-0.4, -0.2) is 29.8 Å². The molecule has 0 fully saturated rings. The van der Waals surface area contributed by atoms with E-state index in [9.17, 15) is 14.4 Å². The first-order valence-corrected chi connectivity index (χ1v) is 8.16. The van der Waals surface area contributed by atoms with Crippen LogP contribution < -0.4 is 5.32 Å². The number of carbonyl (C=O) groups is 3. The van der Waals surface area contributed by atoms with E-state index in [0.29, 0.717) is 12.7 Å². The lowest BCUT2D eigenvalue weighted by atomic mass is 9.87. The zero-order valence-corrected chi connectivity index (χ0v) is 15.0. The van der Waals surface area contributed by atoms with Crippen molar-refractivity contribution in [2.24, 2.45) is 11.8 Å². The Balaban J connectivity index is 2.96. The number of nitrogens with one attached hydrogen (secondary N) is 1. The molecular formula is C19H27NO4. The molecular weight excluding hydrogens is 306 g/mol. The highest BCUT2D eigenvalue weighted by molar-refractivity contribution is 5.98. The highest BCUT2D eigenvalue weighted by Crippen LogP contribution is 2.15. The molecule has 132 valence electrons. The van der Waals surface area contributed by atoms with Gasteiger partial charge in [-0.25, -0.2) is 4.79 Å². The van der Waals surface area contributed by atoms with Gasteiger partial charge < -0.3 is 14.8 Å². The third kappa shape index (κ3) is 6.52. The van der Waals surface area contributed by atoms with E-state index in [1.54, 1.807) is 20.8 Å². The van der Waals surface area contributed by atoms with E-state index < -0.39 is 23.7 Å². The molecule has 0 aliphatic rings. The summed E-state index contributed by atoms with van der Waals surface area (Å²) >= 11 is 0. The lowest BCUT2D eigenvalue weighted by molar-refractivity contribution is -0.130. The van der Waals surface area contributed by atoms with E-state index in [1.165, 1.54) is 0 Å². The molecule has 24 heavy (non-hydrogen) atoms. The van der Waals surface area contributed by atoms with Crippen molar-refractivity contribution in [1.29, 1.82) is 0 Å². The molecule has 1 amide bonds. The molecule has 0 spiro atoms. The lowest BCUT2D eigenvalue weighted by Crippen LogP contribution is -2.48. The Morgan fingerprint density at radius 3 is 2.21 bits per heavy atom. The number of rotatable bonds is 7. The average Bonchev–Trinajstić information content (AvgIpc) is 2.45. The molecule has 5 heteroatoms. The highest BCUT2D eigenvalue weighted by atomic mass is 16.6. The molecule has 0 aliphatic heterocycles. The van der Waals surface area contributed by atoms with E-state index in [2.05, 4.69) is 5.32 Å². The van der Waals surface area contributed by atoms with Gasteiger partial charge in [-0.15, -0.1) is 0 Å². The third-order valence-corrected chi connectivity index (χ3v) is 3.51. The number of aldehydes is 1. The van der Waals surface area contributed by atoms with Crippen molar-refractivity contribution in [2.75, 3.05) is 0 Å². The number of benzene rings is 1. The Morgan fingerprint density at radius 1 is 1.17 bits per heavy atom. The topological polar surface area (TPSA) is 72.5 Å². The first-order chi connectivity index (χ1) is 11.1. The summed E-state index contributed by atoms with van der Waals surface area (Å²) in [4.78, 5) is 36.1. The predicted molar refractivity (Wildman–Crippen MR) is 92.7 cm³/mol. The van der Waals surface area contributed by atoms with Crippen LogP contribution in [0.2, 0.25) is 0 Å². The van der Waals surface area contributed by atoms with Crippen LogP contribution in [0.15, 0.2) is 30.3 Å². The zero-order chi connectivity index (χ0) is 18.3. The predicted octanol–water partition coefficient (Wildman–Crippen LogP) is 3.16. The number of ether oxygens (including phenoxy) is 1. The van der Waals surface area contributed by atoms with Gasteiger partial charge in [0.2, 0.25) is 0 Å². The Kier molecular flexibility index (Phi) is 7.14. The molecule has 1 aromatic rings. The molecule has 2 atom stereocenters. The van der Waals surface area contributed by atoms with Crippen LogP contribution in [0.1, 0.15) is 40.2 Å². The second-order valence-electron chi connectivity index (χ2n) is 7.20. The highest BCUT2D eigenvalue weighted by Gasteiger charge is 2.31. The van der Waals surface area contributed by atoms with Crippen molar-refractivity contribution in [3.63, 3.8) is 0 Å². The molecule has 1 N–H and O–H groups in total. The van der Waals surface area contributed by atoms with E-state index in [-0.39, 0.29) is 11.7 Å². The second-order valence-corrected chi connectivity index (χ2v) is 7.20. The molecule has 1 aromatic carbocycles. The lowest BCUT2D eigenvalue weighted by Gasteiger charge is -2.25. The Bertz CT molecular complexity index is 560. The SMILES string of the molecule is CC(C)[C@@H](C=O)C(=O)[C@H](Cc1ccccc1)NC(=O)OC(C)(C)C. The van der Waals surface area contributed by atoms with E-state index in [1.807, 2.05) is 44.2 Å². The second kappa shape index (κ2) is 8.62. The third-order valence-electron chi connectivity index (χ3n) is 3.51. The molecule has 0 heterocycles. The number of alkyl carbamates (subject to hydrolysis) is 1. The first kappa shape index (κ1) is 19.9. The summed E-state index contributed by atoms with van der Waals surface area (Å²) in [5.41, 5.74) is 0.243. The quantitative estimate of drug-likeness (QED) is 0.614. The normalized spacial score (nSPS) is 13.9. The maximum Gasteiger partial charge on any atom is 0.408 e. The van der Waals surface area contributed by atoms with Gasteiger partial charge in [0.05, 0.1) is 12.0 Å². The zero-order valence-electron chi connectivity index (χ0n) is 15.0. The standard InChI is InChI=1S/C19H27NO4/c1-13(2)15(12-21)17(22)16(11-14-9-7-6-8-10-14)20-18(23)24-19(3,4)5/h6-10,12-13,15-16H,11H2,1-5H3,(H,20,23)/t15-,16+/m1/s1. The first-order valence-electron chi connectivity index (χ1n) is 8.16. The van der Waals surface area contributed by atoms with Gasteiger partial charge in [-0.05, 0) is 38.7 Å². The van der Waals surface area contributed by atoms with Crippen LogP contribution >= 0.6 is 0 Å². The Hall–Kier alpha value is -2.17. The van der Waals surface area contributed by atoms with Gasteiger partial charge in [-0.3, -0.25) is 4.79 Å². The molecule has 0 bridgehead atoms. The summed E-state index contributed by atoms with van der Waals surface area (Å²) < 4.78 is 5.24. The Labute approximate surface area is 143 Å². The van der Waals surface area contributed by atoms with Crippen LogP contribution in [0.3, 0.4) is 0 Å². The fourth-order valence-corrected chi connectivity index (χ4v) is 2.31. The van der Waals surface area contributed by atoms with Gasteiger partial charge in [0, 0.05) is 0 Å². The largest absolute Gasteiger partial charge is 0.444 e. The number of ketones is 1.